The van der Waals surface area contributed by atoms with E-state index in [0.29, 0.717) is 43.1 Å². The lowest BCUT2D eigenvalue weighted by atomic mass is 10.0. The molecule has 8 heteroatoms. The molecule has 1 aliphatic heterocycles. The first-order valence-electron chi connectivity index (χ1n) is 10.5. The lowest BCUT2D eigenvalue weighted by Crippen LogP contribution is -2.38. The highest BCUT2D eigenvalue weighted by Gasteiger charge is 2.30. The average Bonchev–Trinajstić information content (AvgIpc) is 3.15. The van der Waals surface area contributed by atoms with Gasteiger partial charge in [0.15, 0.2) is 10.9 Å². The van der Waals surface area contributed by atoms with Crippen LogP contribution in [0.5, 0.6) is 0 Å². The van der Waals surface area contributed by atoms with Gasteiger partial charge < -0.3 is 9.64 Å². The molecule has 0 spiro atoms. The zero-order chi connectivity index (χ0) is 21.2. The molecular formula is C23H23FN4O2S. The van der Waals surface area contributed by atoms with Crippen LogP contribution in [0.25, 0.3) is 5.69 Å². The Bertz CT molecular complexity index is 1100. The predicted molar refractivity (Wildman–Crippen MR) is 118 cm³/mol. The first kappa shape index (κ1) is 20.2. The van der Waals surface area contributed by atoms with Crippen LogP contribution >= 0.6 is 11.8 Å². The van der Waals surface area contributed by atoms with Gasteiger partial charge in [0.05, 0.1) is 24.2 Å². The summed E-state index contributed by atoms with van der Waals surface area (Å²) in [6.07, 6.45) is 2.60. The van der Waals surface area contributed by atoms with Crippen LogP contribution in [-0.4, -0.2) is 52.1 Å². The van der Waals surface area contributed by atoms with Crippen molar-refractivity contribution in [1.29, 1.82) is 0 Å². The van der Waals surface area contributed by atoms with E-state index in [2.05, 4.69) is 15.1 Å². The maximum Gasteiger partial charge on any atom is 0.232 e. The molecule has 0 radical (unpaired) electrons. The number of ketones is 1. The van der Waals surface area contributed by atoms with Gasteiger partial charge in [0.1, 0.15) is 5.82 Å². The van der Waals surface area contributed by atoms with Crippen LogP contribution in [0.1, 0.15) is 28.8 Å². The first-order valence-corrected chi connectivity index (χ1v) is 11.4. The quantitative estimate of drug-likeness (QED) is 0.576. The van der Waals surface area contributed by atoms with Gasteiger partial charge in [-0.05, 0) is 43.0 Å². The second-order valence-corrected chi connectivity index (χ2v) is 8.89. The number of anilines is 1. The lowest BCUT2D eigenvalue weighted by Gasteiger charge is -2.28. The molecule has 1 unspecified atom stereocenters. The summed E-state index contributed by atoms with van der Waals surface area (Å²) in [5.41, 5.74) is 2.55. The summed E-state index contributed by atoms with van der Waals surface area (Å²) in [7, 11) is 0. The molecule has 0 bridgehead atoms. The largest absolute Gasteiger partial charge is 0.378 e. The van der Waals surface area contributed by atoms with Gasteiger partial charge >= 0.3 is 0 Å². The van der Waals surface area contributed by atoms with Gasteiger partial charge in [-0.2, -0.15) is 0 Å². The number of halogens is 1. The van der Waals surface area contributed by atoms with Gasteiger partial charge in [-0.1, -0.05) is 42.1 Å². The predicted octanol–water partition coefficient (Wildman–Crippen LogP) is 3.92. The van der Waals surface area contributed by atoms with Crippen LogP contribution in [0, 0.1) is 5.82 Å². The first-order chi connectivity index (χ1) is 15.2. The van der Waals surface area contributed by atoms with Crippen molar-refractivity contribution in [2.45, 2.75) is 29.7 Å². The number of benzene rings is 2. The second-order valence-electron chi connectivity index (χ2n) is 7.72. The van der Waals surface area contributed by atoms with E-state index < -0.39 is 0 Å². The number of aromatic nitrogens is 3. The number of nitrogens with zero attached hydrogens (tertiary/aromatic N) is 4. The lowest BCUT2D eigenvalue weighted by molar-refractivity contribution is 0.0988. The molecule has 160 valence electrons. The van der Waals surface area contributed by atoms with Crippen LogP contribution < -0.4 is 4.90 Å². The number of Topliss-reactive ketones (excluding diaryl/α,β-unsaturated/α-hetero) is 1. The Morgan fingerprint density at radius 2 is 1.90 bits per heavy atom. The van der Waals surface area contributed by atoms with E-state index in [4.69, 9.17) is 4.74 Å². The van der Waals surface area contributed by atoms with Gasteiger partial charge in [-0.3, -0.25) is 9.36 Å². The van der Waals surface area contributed by atoms with Crippen molar-refractivity contribution in [1.82, 2.24) is 14.8 Å². The molecule has 0 saturated carbocycles. The third-order valence-corrected chi connectivity index (χ3v) is 6.92. The number of hydrogen-bond donors (Lipinski definition) is 0. The summed E-state index contributed by atoms with van der Waals surface area (Å²) in [5, 5.41) is 9.21. The fourth-order valence-electron chi connectivity index (χ4n) is 4.15. The summed E-state index contributed by atoms with van der Waals surface area (Å²) < 4.78 is 21.4. The third kappa shape index (κ3) is 4.09. The van der Waals surface area contributed by atoms with Crippen LogP contribution in [0.4, 0.5) is 10.3 Å². The van der Waals surface area contributed by atoms with E-state index in [1.165, 1.54) is 23.9 Å². The molecule has 2 heterocycles. The molecule has 5 rings (SSSR count). The van der Waals surface area contributed by atoms with E-state index in [9.17, 15) is 9.18 Å². The summed E-state index contributed by atoms with van der Waals surface area (Å²) in [6, 6.07) is 14.2. The van der Waals surface area contributed by atoms with Crippen molar-refractivity contribution in [3.63, 3.8) is 0 Å². The number of aryl methyl sites for hydroxylation is 1. The van der Waals surface area contributed by atoms with Gasteiger partial charge in [0, 0.05) is 18.7 Å². The van der Waals surface area contributed by atoms with E-state index >= 15 is 0 Å². The maximum absolute atomic E-state index is 14.1. The van der Waals surface area contributed by atoms with Crippen molar-refractivity contribution in [2.24, 2.45) is 0 Å². The number of hydrogen-bond acceptors (Lipinski definition) is 6. The molecular weight excluding hydrogens is 415 g/mol. The van der Waals surface area contributed by atoms with E-state index in [0.717, 1.165) is 30.4 Å². The molecule has 31 heavy (non-hydrogen) atoms. The number of carbonyl (C=O) groups is 1. The molecule has 3 aromatic rings. The Morgan fingerprint density at radius 1 is 1.06 bits per heavy atom. The fourth-order valence-corrected chi connectivity index (χ4v) is 5.30. The number of morpholine rings is 1. The van der Waals surface area contributed by atoms with Crippen LogP contribution in [0.2, 0.25) is 0 Å². The third-order valence-electron chi connectivity index (χ3n) is 5.71. The maximum atomic E-state index is 14.1. The molecule has 1 atom stereocenters. The second kappa shape index (κ2) is 8.80. The Labute approximate surface area is 184 Å². The molecule has 2 aromatic carbocycles. The van der Waals surface area contributed by atoms with Crippen molar-refractivity contribution < 1.29 is 13.9 Å². The van der Waals surface area contributed by atoms with Crippen molar-refractivity contribution >= 4 is 23.5 Å². The molecule has 1 aromatic heterocycles. The molecule has 0 N–H and O–H groups in total. The minimum absolute atomic E-state index is 0.125. The highest BCUT2D eigenvalue weighted by Crippen LogP contribution is 2.35. The smallest absolute Gasteiger partial charge is 0.232 e. The minimum atomic E-state index is -0.324. The van der Waals surface area contributed by atoms with E-state index in [1.54, 1.807) is 6.07 Å². The Kier molecular flexibility index (Phi) is 5.74. The molecule has 1 saturated heterocycles. The van der Waals surface area contributed by atoms with Gasteiger partial charge in [0.25, 0.3) is 0 Å². The molecule has 1 fully saturated rings. The normalized spacial score (nSPS) is 19.2. The van der Waals surface area contributed by atoms with Gasteiger partial charge in [0.2, 0.25) is 5.95 Å². The summed E-state index contributed by atoms with van der Waals surface area (Å²) in [5.74, 6) is 0.451. The van der Waals surface area contributed by atoms with Crippen molar-refractivity contribution in [3.05, 3.63) is 65.5 Å². The number of fused-ring (bicyclic) bond motifs is 1. The van der Waals surface area contributed by atoms with Crippen molar-refractivity contribution in [3.8, 4) is 5.69 Å². The highest BCUT2D eigenvalue weighted by atomic mass is 32.2. The minimum Gasteiger partial charge on any atom is -0.378 e. The highest BCUT2D eigenvalue weighted by molar-refractivity contribution is 8.00. The summed E-state index contributed by atoms with van der Waals surface area (Å²) in [6.45, 7) is 2.59. The average molecular weight is 439 g/mol. The zero-order valence-corrected chi connectivity index (χ0v) is 17.9. The van der Waals surface area contributed by atoms with Gasteiger partial charge in [-0.15, -0.1) is 10.2 Å². The Balaban J connectivity index is 1.52. The number of carbonyl (C=O) groups excluding carboxylic acids is 1. The topological polar surface area (TPSA) is 60.3 Å². The van der Waals surface area contributed by atoms with Crippen LogP contribution in [0.15, 0.2) is 53.7 Å². The number of ether oxygens (including phenoxy) is 1. The Morgan fingerprint density at radius 3 is 2.74 bits per heavy atom. The SMILES string of the molecule is O=C1c2ccccc2CCCC1Sc1nnc(N2CCOCC2)n1-c1cccc(F)c1. The number of thioether (sulfide) groups is 1. The monoisotopic (exact) mass is 438 g/mol. The summed E-state index contributed by atoms with van der Waals surface area (Å²) >= 11 is 1.42. The Hall–Kier alpha value is -2.71. The van der Waals surface area contributed by atoms with Crippen LogP contribution in [-0.2, 0) is 11.2 Å². The standard InChI is InChI=1S/C23H23FN4O2S/c24-17-7-4-8-18(15-17)28-22(27-11-13-30-14-12-27)25-26-23(28)31-20-10-3-6-16-5-1-2-9-19(16)21(20)29/h1-2,4-5,7-9,15,20H,3,6,10-14H2. The van der Waals surface area contributed by atoms with E-state index in [1.807, 2.05) is 34.9 Å². The van der Waals surface area contributed by atoms with Gasteiger partial charge in [-0.25, -0.2) is 4.39 Å². The van der Waals surface area contributed by atoms with Crippen molar-refractivity contribution in [2.75, 3.05) is 31.2 Å². The number of rotatable bonds is 4. The zero-order valence-electron chi connectivity index (χ0n) is 17.0. The molecule has 6 nitrogen and oxygen atoms in total. The van der Waals surface area contributed by atoms with Crippen LogP contribution in [0.3, 0.4) is 0 Å². The molecule has 0 amide bonds. The summed E-state index contributed by atoms with van der Waals surface area (Å²) in [4.78, 5) is 15.4. The molecule has 2 aliphatic rings. The van der Waals surface area contributed by atoms with E-state index in [-0.39, 0.29) is 16.9 Å². The molecule has 1 aliphatic carbocycles. The fraction of sp³-hybridized carbons (Fsp3) is 0.348.